The lowest BCUT2D eigenvalue weighted by Gasteiger charge is -2.26. The summed E-state index contributed by atoms with van der Waals surface area (Å²) in [5, 5.41) is 13.4. The van der Waals surface area contributed by atoms with Crippen LogP contribution in [0.5, 0.6) is 0 Å². The molecular formula is C21H24F2N6O3. The van der Waals surface area contributed by atoms with Crippen molar-refractivity contribution in [1.29, 1.82) is 0 Å². The highest BCUT2D eigenvalue weighted by Crippen LogP contribution is 2.37. The number of amides is 1. The van der Waals surface area contributed by atoms with Gasteiger partial charge in [0.05, 0.1) is 18.2 Å². The Bertz CT molecular complexity index is 1170. The second kappa shape index (κ2) is 8.32. The van der Waals surface area contributed by atoms with E-state index in [0.29, 0.717) is 24.3 Å². The number of rotatable bonds is 6. The molecule has 11 heteroatoms. The first-order valence-corrected chi connectivity index (χ1v) is 10.1. The van der Waals surface area contributed by atoms with E-state index in [0.717, 1.165) is 18.6 Å². The Morgan fingerprint density at radius 3 is 2.91 bits per heavy atom. The molecule has 1 aromatic carbocycles. The first-order valence-electron chi connectivity index (χ1n) is 10.1. The van der Waals surface area contributed by atoms with Gasteiger partial charge in [-0.05, 0) is 44.9 Å². The molecule has 0 bridgehead atoms. The van der Waals surface area contributed by atoms with Gasteiger partial charge in [0.15, 0.2) is 5.82 Å². The number of nitrogen functional groups attached to an aromatic ring is 1. The third-order valence-corrected chi connectivity index (χ3v) is 5.43. The highest BCUT2D eigenvalue weighted by Gasteiger charge is 2.31. The van der Waals surface area contributed by atoms with E-state index in [1.165, 1.54) is 16.9 Å². The molecule has 3 heterocycles. The summed E-state index contributed by atoms with van der Waals surface area (Å²) < 4.78 is 29.5. The topological polar surface area (TPSA) is 118 Å². The van der Waals surface area contributed by atoms with Crippen molar-refractivity contribution in [2.45, 2.75) is 38.3 Å². The molecule has 4 N–H and O–H groups in total. The zero-order valence-corrected chi connectivity index (χ0v) is 17.7. The van der Waals surface area contributed by atoms with E-state index >= 15 is 0 Å². The Hall–Kier alpha value is -3.31. The van der Waals surface area contributed by atoms with Gasteiger partial charge in [-0.2, -0.15) is 0 Å². The van der Waals surface area contributed by atoms with Gasteiger partial charge in [-0.1, -0.05) is 0 Å². The van der Waals surface area contributed by atoms with Crippen molar-refractivity contribution in [2.75, 3.05) is 23.8 Å². The number of hydroxylamine groups is 1. The van der Waals surface area contributed by atoms with Crippen molar-refractivity contribution in [3.63, 3.8) is 0 Å². The number of fused-ring (bicyclic) bond motifs is 1. The van der Waals surface area contributed by atoms with Crippen LogP contribution in [0.1, 0.15) is 48.7 Å². The minimum atomic E-state index is -0.988. The molecule has 170 valence electrons. The first-order chi connectivity index (χ1) is 15.2. The lowest BCUT2D eigenvalue weighted by Crippen LogP contribution is -2.38. The van der Waals surface area contributed by atoms with E-state index in [1.807, 2.05) is 4.90 Å². The Balaban J connectivity index is 1.68. The van der Waals surface area contributed by atoms with E-state index < -0.39 is 29.2 Å². The van der Waals surface area contributed by atoms with Gasteiger partial charge >= 0.3 is 0 Å². The van der Waals surface area contributed by atoms with Gasteiger partial charge < -0.3 is 15.7 Å². The molecule has 0 unspecified atom stereocenters. The maximum Gasteiger partial charge on any atom is 0.280 e. The number of aliphatic hydroxyl groups is 1. The van der Waals surface area contributed by atoms with Gasteiger partial charge in [0, 0.05) is 18.2 Å². The van der Waals surface area contributed by atoms with E-state index in [9.17, 15) is 18.7 Å². The molecule has 3 aromatic rings. The second-order valence-electron chi connectivity index (χ2n) is 8.31. The summed E-state index contributed by atoms with van der Waals surface area (Å²) in [7, 11) is 0. The molecule has 9 nitrogen and oxygen atoms in total. The highest BCUT2D eigenvalue weighted by atomic mass is 19.1. The van der Waals surface area contributed by atoms with E-state index in [4.69, 9.17) is 10.6 Å². The zero-order chi connectivity index (χ0) is 23.0. The van der Waals surface area contributed by atoms with Gasteiger partial charge in [0.25, 0.3) is 5.91 Å². The molecular weight excluding hydrogens is 422 g/mol. The number of hydrogen-bond donors (Lipinski definition) is 3. The number of aliphatic hydroxyl groups excluding tert-OH is 1. The zero-order valence-electron chi connectivity index (χ0n) is 17.7. The molecule has 0 saturated carbocycles. The number of nitrogens with zero attached hydrogens (tertiary/aromatic N) is 4. The van der Waals surface area contributed by atoms with Crippen molar-refractivity contribution < 1.29 is 23.5 Å². The van der Waals surface area contributed by atoms with Crippen LogP contribution in [0, 0.1) is 11.6 Å². The predicted molar refractivity (Wildman–Crippen MR) is 113 cm³/mol. The maximum absolute atomic E-state index is 14.4. The largest absolute Gasteiger partial charge is 0.393 e. The fourth-order valence-electron chi connectivity index (χ4n) is 3.76. The van der Waals surface area contributed by atoms with Gasteiger partial charge in [-0.3, -0.25) is 9.63 Å². The lowest BCUT2D eigenvalue weighted by molar-refractivity contribution is -0.0955. The molecule has 0 spiro atoms. The normalized spacial score (nSPS) is 16.7. The number of nitrogens with two attached hydrogens (primary N) is 1. The minimum absolute atomic E-state index is 0.0269. The van der Waals surface area contributed by atoms with E-state index in [-0.39, 0.29) is 23.6 Å². The van der Waals surface area contributed by atoms with Crippen LogP contribution >= 0.6 is 0 Å². The molecule has 1 amide bonds. The Morgan fingerprint density at radius 1 is 1.38 bits per heavy atom. The van der Waals surface area contributed by atoms with Crippen molar-refractivity contribution >= 4 is 23.1 Å². The van der Waals surface area contributed by atoms with Crippen LogP contribution in [0.25, 0.3) is 5.52 Å². The number of aromatic nitrogens is 3. The number of halogens is 2. The molecule has 1 atom stereocenters. The molecule has 1 saturated heterocycles. The summed E-state index contributed by atoms with van der Waals surface area (Å²) in [4.78, 5) is 24.2. The van der Waals surface area contributed by atoms with Crippen molar-refractivity contribution in [3.8, 4) is 0 Å². The van der Waals surface area contributed by atoms with Gasteiger partial charge in [-0.15, -0.1) is 5.10 Å². The molecule has 0 radical (unpaired) electrons. The van der Waals surface area contributed by atoms with E-state index in [1.54, 1.807) is 19.9 Å². The number of anilines is 2. The first kappa shape index (κ1) is 21.9. The minimum Gasteiger partial charge on any atom is -0.393 e. The van der Waals surface area contributed by atoms with Crippen LogP contribution in [0.2, 0.25) is 0 Å². The van der Waals surface area contributed by atoms with Gasteiger partial charge in [-0.25, -0.2) is 23.8 Å². The Morgan fingerprint density at radius 2 is 2.16 bits per heavy atom. The van der Waals surface area contributed by atoms with Crippen molar-refractivity contribution in [3.05, 3.63) is 53.4 Å². The highest BCUT2D eigenvalue weighted by molar-refractivity contribution is 6.04. The third-order valence-electron chi connectivity index (χ3n) is 5.43. The van der Waals surface area contributed by atoms with E-state index in [2.05, 4.69) is 15.6 Å². The van der Waals surface area contributed by atoms with Gasteiger partial charge in [0.2, 0.25) is 0 Å². The van der Waals surface area contributed by atoms with Crippen LogP contribution in [0.3, 0.4) is 0 Å². The standard InChI is InChI=1S/C21H24F2N6O3/c1-21(2,10-30)32-27-20(31)18-16-9-17(25-11-29(16)26-19(18)24)28-7-3-4-15(28)13-8-12(22)5-6-14(13)23/h5-6,8-9,11,15,30H,3-4,7,10H2,1-2H3,(H2,24,26)(H,27,31)/t15-/m1/s1. The fourth-order valence-corrected chi connectivity index (χ4v) is 3.76. The molecule has 2 aromatic heterocycles. The van der Waals surface area contributed by atoms with Crippen LogP contribution in [-0.2, 0) is 4.84 Å². The smallest absolute Gasteiger partial charge is 0.280 e. The lowest BCUT2D eigenvalue weighted by atomic mass is 10.0. The summed E-state index contributed by atoms with van der Waals surface area (Å²) in [6.45, 7) is 3.49. The Kier molecular flexibility index (Phi) is 5.70. The van der Waals surface area contributed by atoms with Crippen LogP contribution < -0.4 is 16.1 Å². The van der Waals surface area contributed by atoms with Gasteiger partial charge in [0.1, 0.15) is 34.9 Å². The Labute approximate surface area is 182 Å². The van der Waals surface area contributed by atoms with Crippen molar-refractivity contribution in [1.82, 2.24) is 20.1 Å². The van der Waals surface area contributed by atoms with Crippen LogP contribution in [0.4, 0.5) is 20.4 Å². The summed E-state index contributed by atoms with van der Waals surface area (Å²) in [6.07, 6.45) is 2.81. The van der Waals surface area contributed by atoms with Crippen LogP contribution in [-0.4, -0.2) is 44.4 Å². The predicted octanol–water partition coefficient (Wildman–Crippen LogP) is 2.36. The molecule has 1 aliphatic heterocycles. The summed E-state index contributed by atoms with van der Waals surface area (Å²) in [5.41, 5.74) is 7.97. The molecule has 0 aliphatic carbocycles. The molecule has 1 aliphatic rings. The number of nitrogens with one attached hydrogen (secondary N) is 1. The number of carbonyl (C=O) groups is 1. The molecule has 4 rings (SSSR count). The molecule has 1 fully saturated rings. The van der Waals surface area contributed by atoms with Crippen molar-refractivity contribution in [2.24, 2.45) is 0 Å². The SMILES string of the molecule is CC(C)(CO)ONC(=O)c1c(N)nn2cnc(N3CCC[C@@H]3c3cc(F)ccc3F)cc12. The molecule has 32 heavy (non-hydrogen) atoms. The quantitative estimate of drug-likeness (QED) is 0.498. The summed E-state index contributed by atoms with van der Waals surface area (Å²) >= 11 is 0. The number of benzene rings is 1. The average Bonchev–Trinajstić information content (AvgIpc) is 3.37. The number of carbonyl (C=O) groups excluding carboxylic acids is 1. The summed E-state index contributed by atoms with van der Waals surface area (Å²) in [6, 6.07) is 4.64. The second-order valence-corrected chi connectivity index (χ2v) is 8.31. The fraction of sp³-hybridized carbons (Fsp3) is 0.381. The summed E-state index contributed by atoms with van der Waals surface area (Å²) in [5.74, 6) is -1.17. The third kappa shape index (κ3) is 4.08. The number of hydrogen-bond acceptors (Lipinski definition) is 7. The monoisotopic (exact) mass is 446 g/mol. The van der Waals surface area contributed by atoms with Crippen LogP contribution in [0.15, 0.2) is 30.6 Å². The maximum atomic E-state index is 14.4. The average molecular weight is 446 g/mol.